The summed E-state index contributed by atoms with van der Waals surface area (Å²) in [6.07, 6.45) is 0.445. The van der Waals surface area contributed by atoms with Gasteiger partial charge in [0.15, 0.2) is 11.1 Å². The van der Waals surface area contributed by atoms with Crippen molar-refractivity contribution in [3.8, 4) is 5.75 Å². The fourth-order valence-electron chi connectivity index (χ4n) is 5.74. The van der Waals surface area contributed by atoms with Crippen molar-refractivity contribution in [1.29, 1.82) is 0 Å². The number of carbonyl (C=O) groups is 1. The monoisotopic (exact) mass is 563 g/mol. The third-order valence-corrected chi connectivity index (χ3v) is 7.96. The summed E-state index contributed by atoms with van der Waals surface area (Å²) in [6, 6.07) is 33.0. The van der Waals surface area contributed by atoms with Crippen LogP contribution in [0.2, 0.25) is 0 Å². The number of ether oxygens (including phenoxy) is 2. The molecule has 0 fully saturated rings. The summed E-state index contributed by atoms with van der Waals surface area (Å²) in [5.41, 5.74) is 1.72. The first-order valence-corrected chi connectivity index (χ1v) is 13.9. The van der Waals surface area contributed by atoms with Crippen LogP contribution in [-0.2, 0) is 28.0 Å². The molecule has 0 radical (unpaired) electrons. The van der Waals surface area contributed by atoms with Crippen molar-refractivity contribution in [2.45, 2.75) is 24.0 Å². The summed E-state index contributed by atoms with van der Waals surface area (Å²) < 4.78 is 17.1. The summed E-state index contributed by atoms with van der Waals surface area (Å²) in [6.45, 7) is 1.00. The van der Waals surface area contributed by atoms with Crippen LogP contribution >= 0.6 is 0 Å². The zero-order chi connectivity index (χ0) is 29.2. The predicted molar refractivity (Wildman–Crippen MR) is 162 cm³/mol. The highest BCUT2D eigenvalue weighted by Crippen LogP contribution is 2.50. The van der Waals surface area contributed by atoms with Gasteiger partial charge in [0.05, 0.1) is 13.7 Å². The number of hydrogen-bond acceptors (Lipinski definition) is 8. The van der Waals surface area contributed by atoms with Crippen LogP contribution in [0.4, 0.5) is 11.7 Å². The number of nitrogens with one attached hydrogen (secondary N) is 1. The summed E-state index contributed by atoms with van der Waals surface area (Å²) in [5, 5.41) is 15.8. The summed E-state index contributed by atoms with van der Waals surface area (Å²) >= 11 is 0. The Bertz CT molecular complexity index is 1650. The van der Waals surface area contributed by atoms with Crippen LogP contribution in [0.25, 0.3) is 11.1 Å². The topological polar surface area (TPSA) is 97.1 Å². The Morgan fingerprint density at radius 1 is 0.905 bits per heavy atom. The maximum atomic E-state index is 13.6. The van der Waals surface area contributed by atoms with Gasteiger partial charge in [0, 0.05) is 31.1 Å². The first-order chi connectivity index (χ1) is 20.4. The number of nitrogens with zero attached hydrogens (tertiary/aromatic N) is 2. The Kier molecular flexibility index (Phi) is 7.31. The van der Waals surface area contributed by atoms with Crippen molar-refractivity contribution in [2.24, 2.45) is 0 Å². The summed E-state index contributed by atoms with van der Waals surface area (Å²) in [4.78, 5) is 20.0. The molecule has 214 valence electrons. The summed E-state index contributed by atoms with van der Waals surface area (Å²) in [5.74, 6) is 0.165. The van der Waals surface area contributed by atoms with Gasteiger partial charge in [0.2, 0.25) is 0 Å². The van der Waals surface area contributed by atoms with E-state index in [-0.39, 0.29) is 12.8 Å². The average Bonchev–Trinajstić information content (AvgIpc) is 3.56. The molecule has 42 heavy (non-hydrogen) atoms. The van der Waals surface area contributed by atoms with Crippen LogP contribution in [0.1, 0.15) is 16.7 Å². The number of carbonyl (C=O) groups excluding carboxylic acids is 1. The molecular weight excluding hydrogens is 530 g/mol. The van der Waals surface area contributed by atoms with Gasteiger partial charge in [-0.15, -0.1) is 0 Å². The second-order valence-corrected chi connectivity index (χ2v) is 10.6. The Labute approximate surface area is 244 Å². The highest BCUT2D eigenvalue weighted by Gasteiger charge is 2.62. The highest BCUT2D eigenvalue weighted by molar-refractivity contribution is 5.91. The average molecular weight is 564 g/mol. The second kappa shape index (κ2) is 11.2. The van der Waals surface area contributed by atoms with Crippen LogP contribution in [0, 0.1) is 0 Å². The van der Waals surface area contributed by atoms with Crippen molar-refractivity contribution in [2.75, 3.05) is 37.5 Å². The molecule has 0 aliphatic carbocycles. The fourth-order valence-corrected chi connectivity index (χ4v) is 5.74. The number of benzene rings is 4. The van der Waals surface area contributed by atoms with Gasteiger partial charge in [0.1, 0.15) is 23.5 Å². The minimum absolute atomic E-state index is 0.207. The van der Waals surface area contributed by atoms with Gasteiger partial charge < -0.3 is 29.2 Å². The smallest absolute Gasteiger partial charge is 0.335 e. The van der Waals surface area contributed by atoms with Crippen LogP contribution in [0.3, 0.4) is 0 Å². The van der Waals surface area contributed by atoms with Gasteiger partial charge in [-0.3, -0.25) is 0 Å². The van der Waals surface area contributed by atoms with E-state index in [9.17, 15) is 9.90 Å². The lowest BCUT2D eigenvalue weighted by molar-refractivity contribution is -0.157. The minimum atomic E-state index is -1.55. The fraction of sp³-hybridized carbons (Fsp3) is 0.235. The minimum Gasteiger partial charge on any atom is -0.492 e. The molecular formula is C34H33N3O5. The number of anilines is 2. The highest BCUT2D eigenvalue weighted by atomic mass is 16.5. The lowest BCUT2D eigenvalue weighted by atomic mass is 9.71. The number of aliphatic hydroxyl groups is 1. The Morgan fingerprint density at radius 3 is 2.36 bits per heavy atom. The third-order valence-electron chi connectivity index (χ3n) is 7.96. The third kappa shape index (κ3) is 4.94. The first-order valence-electron chi connectivity index (χ1n) is 13.9. The Morgan fingerprint density at radius 2 is 1.60 bits per heavy atom. The molecule has 2 heterocycles. The van der Waals surface area contributed by atoms with Crippen LogP contribution in [0.15, 0.2) is 108 Å². The molecule has 0 spiro atoms. The van der Waals surface area contributed by atoms with Gasteiger partial charge in [-0.05, 0) is 41.5 Å². The van der Waals surface area contributed by atoms with E-state index in [0.717, 1.165) is 22.2 Å². The van der Waals surface area contributed by atoms with E-state index in [4.69, 9.17) is 13.9 Å². The molecule has 0 saturated heterocycles. The molecule has 0 saturated carbocycles. The van der Waals surface area contributed by atoms with Gasteiger partial charge >= 0.3 is 5.97 Å². The molecule has 2 atom stereocenters. The zero-order valence-corrected chi connectivity index (χ0v) is 23.6. The molecule has 1 aliphatic rings. The van der Waals surface area contributed by atoms with Crippen molar-refractivity contribution in [3.05, 3.63) is 120 Å². The van der Waals surface area contributed by atoms with Gasteiger partial charge in [0.25, 0.3) is 6.01 Å². The van der Waals surface area contributed by atoms with E-state index in [1.165, 1.54) is 7.11 Å². The van der Waals surface area contributed by atoms with Gasteiger partial charge in [-0.2, -0.15) is 4.98 Å². The molecule has 2 N–H and O–H groups in total. The van der Waals surface area contributed by atoms with E-state index in [0.29, 0.717) is 36.2 Å². The van der Waals surface area contributed by atoms with Crippen molar-refractivity contribution in [3.63, 3.8) is 0 Å². The number of hydrogen-bond donors (Lipinski definition) is 2. The number of methoxy groups -OCH3 is 1. The molecule has 6 rings (SSSR count). The number of oxazole rings is 1. The molecule has 1 aromatic heterocycles. The summed E-state index contributed by atoms with van der Waals surface area (Å²) in [7, 11) is 3.26. The molecule has 4 aromatic carbocycles. The molecule has 0 bridgehead atoms. The lowest BCUT2D eigenvalue weighted by Crippen LogP contribution is -2.61. The van der Waals surface area contributed by atoms with Crippen LogP contribution in [-0.4, -0.2) is 48.9 Å². The number of esters is 1. The zero-order valence-electron chi connectivity index (χ0n) is 23.6. The second-order valence-electron chi connectivity index (χ2n) is 10.6. The first kappa shape index (κ1) is 27.4. The van der Waals surface area contributed by atoms with E-state index >= 15 is 0 Å². The SMILES string of the molecule is COC(=O)C1(Cc2ccc(OCCN(C)c3nc4ccccc4o3)cc2)Nc2ccccc2C1(O)Cc1ccccc1. The number of para-hydroxylation sites is 3. The molecule has 8 nitrogen and oxygen atoms in total. The van der Waals surface area contributed by atoms with Crippen molar-refractivity contribution in [1.82, 2.24) is 4.98 Å². The quantitative estimate of drug-likeness (QED) is 0.220. The standard InChI is InChI=1S/C34H33N3O5/c1-37(32-35-29-14-8-9-15-30(29)42-32)20-21-41-26-18-16-25(17-19-26)22-33(31(38)40-2)34(39,23-24-10-4-3-5-11-24)27-12-6-7-13-28(27)36-33/h3-19,36,39H,20-23H2,1-2H3. The van der Waals surface area contributed by atoms with Crippen LogP contribution in [0.5, 0.6) is 5.75 Å². The largest absolute Gasteiger partial charge is 0.492 e. The molecule has 1 aliphatic heterocycles. The van der Waals surface area contributed by atoms with E-state index in [1.54, 1.807) is 0 Å². The number of rotatable bonds is 10. The molecule has 5 aromatic rings. The predicted octanol–water partition coefficient (Wildman–Crippen LogP) is 5.35. The van der Waals surface area contributed by atoms with Crippen LogP contribution < -0.4 is 15.0 Å². The maximum Gasteiger partial charge on any atom is 0.335 e. The maximum absolute atomic E-state index is 13.6. The van der Waals surface area contributed by atoms with Gasteiger partial charge in [-0.1, -0.05) is 72.8 Å². The van der Waals surface area contributed by atoms with Gasteiger partial charge in [-0.25, -0.2) is 4.79 Å². The molecule has 0 amide bonds. The molecule has 2 unspecified atom stereocenters. The molecule has 8 heteroatoms. The Balaban J connectivity index is 1.19. The number of aromatic nitrogens is 1. The van der Waals surface area contributed by atoms with E-state index < -0.39 is 17.1 Å². The van der Waals surface area contributed by atoms with Crippen molar-refractivity contribution < 1.29 is 23.8 Å². The Hall–Kier alpha value is -4.82. The normalized spacial score (nSPS) is 19.2. The lowest BCUT2D eigenvalue weighted by Gasteiger charge is -2.40. The van der Waals surface area contributed by atoms with E-state index in [2.05, 4.69) is 10.3 Å². The number of fused-ring (bicyclic) bond motifs is 2. The van der Waals surface area contributed by atoms with E-state index in [1.807, 2.05) is 115 Å². The van der Waals surface area contributed by atoms with Crippen molar-refractivity contribution >= 4 is 28.8 Å². The number of likely N-dealkylation sites (N-methyl/N-ethyl adjacent to an activating group) is 1.